The highest BCUT2D eigenvalue weighted by Gasteiger charge is 2.57. The lowest BCUT2D eigenvalue weighted by atomic mass is 10.0. The Kier molecular flexibility index (Phi) is 5.52. The highest BCUT2D eigenvalue weighted by Crippen LogP contribution is 2.47. The highest BCUT2D eigenvalue weighted by molar-refractivity contribution is 6.07. The summed E-state index contributed by atoms with van der Waals surface area (Å²) in [5.74, 6) is -0.141. The molecule has 0 spiro atoms. The van der Waals surface area contributed by atoms with Crippen molar-refractivity contribution in [2.75, 3.05) is 20.1 Å². The summed E-state index contributed by atoms with van der Waals surface area (Å²) < 4.78 is 0. The summed E-state index contributed by atoms with van der Waals surface area (Å²) in [5.41, 5.74) is 0.354. The summed E-state index contributed by atoms with van der Waals surface area (Å²) in [6, 6.07) is 3.89. The van der Waals surface area contributed by atoms with Crippen molar-refractivity contribution in [2.24, 2.45) is 5.41 Å². The molecule has 0 unspecified atom stereocenters. The van der Waals surface area contributed by atoms with E-state index in [0.717, 1.165) is 24.8 Å². The fourth-order valence-electron chi connectivity index (χ4n) is 2.52. The van der Waals surface area contributed by atoms with Crippen LogP contribution in [-0.4, -0.2) is 41.8 Å². The van der Waals surface area contributed by atoms with Gasteiger partial charge in [0.05, 0.1) is 0 Å². The summed E-state index contributed by atoms with van der Waals surface area (Å²) in [4.78, 5) is 30.5. The molecule has 1 fully saturated rings. The third kappa shape index (κ3) is 3.84. The van der Waals surface area contributed by atoms with Crippen molar-refractivity contribution < 1.29 is 9.59 Å². The molecule has 1 heterocycles. The van der Waals surface area contributed by atoms with Crippen LogP contribution in [0.5, 0.6) is 0 Å². The van der Waals surface area contributed by atoms with Crippen LogP contribution in [0.1, 0.15) is 38.2 Å². The molecular formula is C17H25N3O2. The molecule has 0 aliphatic heterocycles. The van der Waals surface area contributed by atoms with Crippen LogP contribution >= 0.6 is 0 Å². The maximum atomic E-state index is 12.6. The molecule has 2 rings (SSSR count). The Labute approximate surface area is 132 Å². The number of pyridine rings is 1. The predicted molar refractivity (Wildman–Crippen MR) is 85.2 cm³/mol. The van der Waals surface area contributed by atoms with E-state index in [1.807, 2.05) is 12.1 Å². The van der Waals surface area contributed by atoms with Crippen molar-refractivity contribution >= 4 is 11.8 Å². The van der Waals surface area contributed by atoms with Gasteiger partial charge in [0.15, 0.2) is 0 Å². The second-order valence-electron chi connectivity index (χ2n) is 6.02. The number of nitrogens with zero attached hydrogens (tertiary/aromatic N) is 2. The quantitative estimate of drug-likeness (QED) is 0.588. The Balaban J connectivity index is 1.85. The zero-order chi connectivity index (χ0) is 16.0. The molecule has 1 aromatic rings. The fraction of sp³-hybridized carbons (Fsp3) is 0.588. The number of likely N-dealkylation sites (N-methyl/N-ethyl adjacent to an activating group) is 1. The van der Waals surface area contributed by atoms with E-state index < -0.39 is 5.41 Å². The number of amides is 2. The van der Waals surface area contributed by atoms with Gasteiger partial charge >= 0.3 is 0 Å². The number of nitrogens with one attached hydrogen (secondary N) is 1. The summed E-state index contributed by atoms with van der Waals surface area (Å²) >= 11 is 0. The van der Waals surface area contributed by atoms with Crippen LogP contribution in [-0.2, 0) is 16.0 Å². The van der Waals surface area contributed by atoms with Crippen LogP contribution in [0.15, 0.2) is 24.5 Å². The first-order valence-electron chi connectivity index (χ1n) is 8.03. The first-order valence-corrected chi connectivity index (χ1v) is 8.03. The van der Waals surface area contributed by atoms with Crippen LogP contribution in [0.25, 0.3) is 0 Å². The van der Waals surface area contributed by atoms with Gasteiger partial charge in [-0.05, 0) is 43.4 Å². The Morgan fingerprint density at radius 3 is 2.59 bits per heavy atom. The minimum absolute atomic E-state index is 0.0458. The van der Waals surface area contributed by atoms with E-state index in [-0.39, 0.29) is 11.8 Å². The summed E-state index contributed by atoms with van der Waals surface area (Å²) in [7, 11) is 1.78. The van der Waals surface area contributed by atoms with Crippen LogP contribution < -0.4 is 5.32 Å². The first-order chi connectivity index (χ1) is 10.6. The van der Waals surface area contributed by atoms with Crippen molar-refractivity contribution in [3.05, 3.63) is 30.1 Å². The van der Waals surface area contributed by atoms with Gasteiger partial charge in [0.25, 0.3) is 0 Å². The van der Waals surface area contributed by atoms with E-state index in [0.29, 0.717) is 25.9 Å². The molecule has 120 valence electrons. The van der Waals surface area contributed by atoms with Gasteiger partial charge in [-0.25, -0.2) is 0 Å². The summed E-state index contributed by atoms with van der Waals surface area (Å²) in [5, 5.41) is 2.90. The predicted octanol–water partition coefficient (Wildman–Crippen LogP) is 1.78. The maximum Gasteiger partial charge on any atom is 0.238 e. The van der Waals surface area contributed by atoms with E-state index >= 15 is 0 Å². The molecule has 0 saturated heterocycles. The first kappa shape index (κ1) is 16.5. The number of carbonyl (C=O) groups excluding carboxylic acids is 2. The molecule has 0 aromatic carbocycles. The maximum absolute atomic E-state index is 12.6. The molecule has 0 radical (unpaired) electrons. The Morgan fingerprint density at radius 1 is 1.32 bits per heavy atom. The SMILES string of the molecule is CCCCNC(=O)C1(C(=O)N(C)CCc2ccncc2)CC1. The lowest BCUT2D eigenvalue weighted by Gasteiger charge is -2.23. The molecule has 2 amide bonds. The number of hydrogen-bond donors (Lipinski definition) is 1. The van der Waals surface area contributed by atoms with Gasteiger partial charge in [-0.1, -0.05) is 13.3 Å². The monoisotopic (exact) mass is 303 g/mol. The molecule has 5 nitrogen and oxygen atoms in total. The van der Waals surface area contributed by atoms with Gasteiger partial charge in [-0.2, -0.15) is 0 Å². The van der Waals surface area contributed by atoms with E-state index in [9.17, 15) is 9.59 Å². The van der Waals surface area contributed by atoms with Crippen molar-refractivity contribution in [1.82, 2.24) is 15.2 Å². The van der Waals surface area contributed by atoms with Crippen LogP contribution in [0.3, 0.4) is 0 Å². The van der Waals surface area contributed by atoms with E-state index in [4.69, 9.17) is 0 Å². The van der Waals surface area contributed by atoms with Gasteiger partial charge in [0, 0.05) is 32.5 Å². The second kappa shape index (κ2) is 7.38. The topological polar surface area (TPSA) is 62.3 Å². The molecule has 1 aromatic heterocycles. The zero-order valence-corrected chi connectivity index (χ0v) is 13.5. The minimum Gasteiger partial charge on any atom is -0.355 e. The minimum atomic E-state index is -0.791. The van der Waals surface area contributed by atoms with Gasteiger partial charge < -0.3 is 10.2 Å². The largest absolute Gasteiger partial charge is 0.355 e. The van der Waals surface area contributed by atoms with Gasteiger partial charge in [0.2, 0.25) is 11.8 Å². The average Bonchev–Trinajstić information content (AvgIpc) is 3.35. The van der Waals surface area contributed by atoms with E-state index in [1.165, 1.54) is 0 Å². The van der Waals surface area contributed by atoms with Gasteiger partial charge in [-0.15, -0.1) is 0 Å². The smallest absolute Gasteiger partial charge is 0.238 e. The number of hydrogen-bond acceptors (Lipinski definition) is 3. The number of unbranched alkanes of at least 4 members (excludes halogenated alkanes) is 1. The van der Waals surface area contributed by atoms with Gasteiger partial charge in [0.1, 0.15) is 5.41 Å². The molecular weight excluding hydrogens is 278 g/mol. The lowest BCUT2D eigenvalue weighted by Crippen LogP contribution is -2.44. The van der Waals surface area contributed by atoms with E-state index in [2.05, 4.69) is 17.2 Å². The highest BCUT2D eigenvalue weighted by atomic mass is 16.2. The third-order valence-corrected chi connectivity index (χ3v) is 4.24. The fourth-order valence-corrected chi connectivity index (χ4v) is 2.52. The van der Waals surface area contributed by atoms with Gasteiger partial charge in [-0.3, -0.25) is 14.6 Å². The van der Waals surface area contributed by atoms with Crippen molar-refractivity contribution in [2.45, 2.75) is 39.0 Å². The molecule has 5 heteroatoms. The Hall–Kier alpha value is -1.91. The van der Waals surface area contributed by atoms with Crippen molar-refractivity contribution in [1.29, 1.82) is 0 Å². The average molecular weight is 303 g/mol. The number of carbonyl (C=O) groups is 2. The zero-order valence-electron chi connectivity index (χ0n) is 13.5. The van der Waals surface area contributed by atoms with Crippen molar-refractivity contribution in [3.8, 4) is 0 Å². The summed E-state index contributed by atoms with van der Waals surface area (Å²) in [6.45, 7) is 3.36. The van der Waals surface area contributed by atoms with Crippen LogP contribution in [0, 0.1) is 5.41 Å². The van der Waals surface area contributed by atoms with Crippen LogP contribution in [0.2, 0.25) is 0 Å². The number of aromatic nitrogens is 1. The van der Waals surface area contributed by atoms with E-state index in [1.54, 1.807) is 24.3 Å². The number of rotatable bonds is 8. The molecule has 1 saturated carbocycles. The van der Waals surface area contributed by atoms with Crippen LogP contribution in [0.4, 0.5) is 0 Å². The normalized spacial score (nSPS) is 15.2. The third-order valence-electron chi connectivity index (χ3n) is 4.24. The molecule has 0 atom stereocenters. The summed E-state index contributed by atoms with van der Waals surface area (Å²) in [6.07, 6.45) is 7.60. The molecule has 1 aliphatic carbocycles. The standard InChI is InChI=1S/C17H25N3O2/c1-3-4-10-19-15(21)17(8-9-17)16(22)20(2)13-7-14-5-11-18-12-6-14/h5-6,11-12H,3-4,7-10,13H2,1-2H3,(H,19,21). The van der Waals surface area contributed by atoms with Crippen molar-refractivity contribution in [3.63, 3.8) is 0 Å². The Morgan fingerprint density at radius 2 is 2.00 bits per heavy atom. The molecule has 1 aliphatic rings. The second-order valence-corrected chi connectivity index (χ2v) is 6.02. The lowest BCUT2D eigenvalue weighted by molar-refractivity contribution is -0.143. The Bertz CT molecular complexity index is 512. The molecule has 1 N–H and O–H groups in total. The molecule has 0 bridgehead atoms. The molecule has 22 heavy (non-hydrogen) atoms.